The molecule has 1 atom stereocenters. The molecule has 2 N–H and O–H groups in total. The number of nitrogens with zero attached hydrogens (tertiary/aromatic N) is 1. The molecule has 2 nitrogen and oxygen atoms in total. The fourth-order valence-electron chi connectivity index (χ4n) is 1.02. The third kappa shape index (κ3) is 8.05. The number of alkyl halides is 3. The first-order valence-electron chi connectivity index (χ1n) is 4.30. The molecule has 0 aromatic carbocycles. The lowest BCUT2D eigenvalue weighted by molar-refractivity contribution is -0.137. The van der Waals surface area contributed by atoms with E-state index in [0.717, 1.165) is 0 Å². The highest BCUT2D eigenvalue weighted by atomic mass is 19.4. The summed E-state index contributed by atoms with van der Waals surface area (Å²) in [5, 5.41) is 0. The van der Waals surface area contributed by atoms with Crippen LogP contribution < -0.4 is 5.73 Å². The number of rotatable bonds is 5. The molecule has 0 aliphatic carbocycles. The van der Waals surface area contributed by atoms with Gasteiger partial charge in [0.15, 0.2) is 0 Å². The van der Waals surface area contributed by atoms with Gasteiger partial charge in [0, 0.05) is 13.1 Å². The summed E-state index contributed by atoms with van der Waals surface area (Å²) in [5.41, 5.74) is 5.35. The minimum Gasteiger partial charge on any atom is -0.330 e. The van der Waals surface area contributed by atoms with Crippen LogP contribution in [0, 0.1) is 5.92 Å². The van der Waals surface area contributed by atoms with Crippen molar-refractivity contribution in [3.8, 4) is 0 Å². The van der Waals surface area contributed by atoms with Crippen LogP contribution in [0.25, 0.3) is 0 Å². The Morgan fingerprint density at radius 2 is 1.92 bits per heavy atom. The van der Waals surface area contributed by atoms with Crippen molar-refractivity contribution in [1.82, 2.24) is 4.90 Å². The maximum Gasteiger partial charge on any atom is 0.390 e. The van der Waals surface area contributed by atoms with E-state index >= 15 is 0 Å². The van der Waals surface area contributed by atoms with Crippen molar-refractivity contribution in [2.24, 2.45) is 11.7 Å². The van der Waals surface area contributed by atoms with Gasteiger partial charge >= 0.3 is 6.18 Å². The lowest BCUT2D eigenvalue weighted by atomic mass is 10.2. The van der Waals surface area contributed by atoms with Gasteiger partial charge in [-0.3, -0.25) is 0 Å². The van der Waals surface area contributed by atoms with Gasteiger partial charge in [0.05, 0.1) is 6.42 Å². The Hall–Kier alpha value is -0.290. The van der Waals surface area contributed by atoms with Crippen LogP contribution in [0.4, 0.5) is 13.2 Å². The van der Waals surface area contributed by atoms with E-state index in [2.05, 4.69) is 0 Å². The minimum atomic E-state index is -4.06. The molecule has 0 bridgehead atoms. The molecule has 5 heteroatoms. The van der Waals surface area contributed by atoms with Gasteiger partial charge in [-0.1, -0.05) is 6.92 Å². The predicted octanol–water partition coefficient (Wildman–Crippen LogP) is 1.47. The van der Waals surface area contributed by atoms with Crippen LogP contribution in [0.3, 0.4) is 0 Å². The van der Waals surface area contributed by atoms with Crippen LogP contribution in [0.5, 0.6) is 0 Å². The topological polar surface area (TPSA) is 29.3 Å². The summed E-state index contributed by atoms with van der Waals surface area (Å²) < 4.78 is 35.4. The molecule has 0 spiro atoms. The monoisotopic (exact) mass is 198 g/mol. The maximum absolute atomic E-state index is 11.8. The standard InChI is InChI=1S/C8H17F3N2/c1-7(5-12)6-13(2)4-3-8(9,10)11/h7H,3-6,12H2,1-2H3. The van der Waals surface area contributed by atoms with E-state index in [0.29, 0.717) is 13.1 Å². The summed E-state index contributed by atoms with van der Waals surface area (Å²) in [6.07, 6.45) is -4.80. The van der Waals surface area contributed by atoms with Crippen molar-refractivity contribution in [2.75, 3.05) is 26.7 Å². The Bertz CT molecular complexity index is 136. The van der Waals surface area contributed by atoms with Crippen molar-refractivity contribution < 1.29 is 13.2 Å². The summed E-state index contributed by atoms with van der Waals surface area (Å²) in [4.78, 5) is 1.66. The molecule has 0 aromatic rings. The zero-order valence-electron chi connectivity index (χ0n) is 8.06. The zero-order valence-corrected chi connectivity index (χ0v) is 8.06. The summed E-state index contributed by atoms with van der Waals surface area (Å²) in [6, 6.07) is 0. The van der Waals surface area contributed by atoms with Gasteiger partial charge in [-0.15, -0.1) is 0 Å². The molecule has 0 amide bonds. The van der Waals surface area contributed by atoms with Gasteiger partial charge in [-0.05, 0) is 19.5 Å². The highest BCUT2D eigenvalue weighted by Gasteiger charge is 2.27. The summed E-state index contributed by atoms with van der Waals surface area (Å²) in [7, 11) is 1.68. The second kappa shape index (κ2) is 5.44. The quantitative estimate of drug-likeness (QED) is 0.724. The molecule has 13 heavy (non-hydrogen) atoms. The highest BCUT2D eigenvalue weighted by molar-refractivity contribution is 4.61. The smallest absolute Gasteiger partial charge is 0.330 e. The fraction of sp³-hybridized carbons (Fsp3) is 1.00. The van der Waals surface area contributed by atoms with Crippen LogP contribution in [0.15, 0.2) is 0 Å². The van der Waals surface area contributed by atoms with Gasteiger partial charge < -0.3 is 10.6 Å². The number of halogens is 3. The minimum absolute atomic E-state index is 0.0494. The zero-order chi connectivity index (χ0) is 10.5. The molecule has 0 saturated carbocycles. The first-order chi connectivity index (χ1) is 5.85. The molecular formula is C8H17F3N2. The largest absolute Gasteiger partial charge is 0.390 e. The van der Waals surface area contributed by atoms with Gasteiger partial charge in [0.2, 0.25) is 0 Å². The summed E-state index contributed by atoms with van der Waals surface area (Å²) >= 11 is 0. The molecular weight excluding hydrogens is 181 g/mol. The van der Waals surface area contributed by atoms with Crippen molar-refractivity contribution >= 4 is 0 Å². The van der Waals surface area contributed by atoms with Gasteiger partial charge in [-0.2, -0.15) is 13.2 Å². The van der Waals surface area contributed by atoms with Crippen LogP contribution in [-0.4, -0.2) is 37.8 Å². The van der Waals surface area contributed by atoms with E-state index in [1.54, 1.807) is 11.9 Å². The normalized spacial score (nSPS) is 15.0. The van der Waals surface area contributed by atoms with Crippen LogP contribution in [0.2, 0.25) is 0 Å². The Morgan fingerprint density at radius 1 is 1.38 bits per heavy atom. The summed E-state index contributed by atoms with van der Waals surface area (Å²) in [5.74, 6) is 0.248. The van der Waals surface area contributed by atoms with Crippen LogP contribution >= 0.6 is 0 Å². The third-order valence-electron chi connectivity index (χ3n) is 1.80. The van der Waals surface area contributed by atoms with Crippen LogP contribution in [0.1, 0.15) is 13.3 Å². The Morgan fingerprint density at radius 3 is 2.31 bits per heavy atom. The van der Waals surface area contributed by atoms with Crippen molar-refractivity contribution in [3.63, 3.8) is 0 Å². The lowest BCUT2D eigenvalue weighted by Gasteiger charge is -2.20. The first kappa shape index (κ1) is 12.7. The number of nitrogens with two attached hydrogens (primary N) is 1. The average molecular weight is 198 g/mol. The maximum atomic E-state index is 11.8. The highest BCUT2D eigenvalue weighted by Crippen LogP contribution is 2.19. The van der Waals surface area contributed by atoms with Crippen molar-refractivity contribution in [2.45, 2.75) is 19.5 Å². The second-order valence-electron chi connectivity index (χ2n) is 3.47. The SMILES string of the molecule is CC(CN)CN(C)CCC(F)(F)F. The fourth-order valence-corrected chi connectivity index (χ4v) is 1.02. The molecule has 0 rings (SSSR count). The molecule has 0 fully saturated rings. The molecule has 0 aliphatic heterocycles. The predicted molar refractivity (Wildman–Crippen MR) is 46.4 cm³/mol. The molecule has 0 aliphatic rings. The second-order valence-corrected chi connectivity index (χ2v) is 3.47. The average Bonchev–Trinajstić information content (AvgIpc) is 1.99. The van der Waals surface area contributed by atoms with Crippen LogP contribution in [-0.2, 0) is 0 Å². The third-order valence-corrected chi connectivity index (χ3v) is 1.80. The van der Waals surface area contributed by atoms with E-state index in [-0.39, 0.29) is 12.5 Å². The summed E-state index contributed by atoms with van der Waals surface area (Å²) in [6.45, 7) is 3.10. The van der Waals surface area contributed by atoms with E-state index in [1.165, 1.54) is 0 Å². The molecule has 0 aromatic heterocycles. The molecule has 0 radical (unpaired) electrons. The van der Waals surface area contributed by atoms with E-state index in [4.69, 9.17) is 5.73 Å². The molecule has 0 saturated heterocycles. The van der Waals surface area contributed by atoms with Gasteiger partial charge in [0.25, 0.3) is 0 Å². The Labute approximate surface area is 76.9 Å². The molecule has 80 valence electrons. The van der Waals surface area contributed by atoms with Crippen molar-refractivity contribution in [3.05, 3.63) is 0 Å². The van der Waals surface area contributed by atoms with Gasteiger partial charge in [-0.25, -0.2) is 0 Å². The van der Waals surface area contributed by atoms with Crippen molar-refractivity contribution in [1.29, 1.82) is 0 Å². The van der Waals surface area contributed by atoms with E-state index in [9.17, 15) is 13.2 Å². The van der Waals surface area contributed by atoms with Gasteiger partial charge in [0.1, 0.15) is 0 Å². The Kier molecular flexibility index (Phi) is 5.32. The number of hydrogen-bond acceptors (Lipinski definition) is 2. The Balaban J connectivity index is 3.57. The lowest BCUT2D eigenvalue weighted by Crippen LogP contribution is -2.31. The first-order valence-corrected chi connectivity index (χ1v) is 4.30. The molecule has 0 heterocycles. The van der Waals surface area contributed by atoms with E-state index in [1.807, 2.05) is 6.92 Å². The van der Waals surface area contributed by atoms with E-state index < -0.39 is 12.6 Å². The number of hydrogen-bond donors (Lipinski definition) is 1. The molecule has 1 unspecified atom stereocenters.